The van der Waals surface area contributed by atoms with Gasteiger partial charge < -0.3 is 20.5 Å². The Labute approximate surface area is 224 Å². The largest absolute Gasteiger partial charge is 0.443 e. The molecule has 1 saturated heterocycles. The Morgan fingerprint density at radius 3 is 2.89 bits per heavy atom. The predicted octanol–water partition coefficient (Wildman–Crippen LogP) is 4.29. The van der Waals surface area contributed by atoms with Gasteiger partial charge in [0.2, 0.25) is 0 Å². The molecule has 4 heterocycles. The SMILES string of the molecule is NC(=O)OCc1ncccc1Cc1cncc(C(=O)NCc2nn(C3CCCCO3)c3ccc(Cl)cc23)c1. The standard InChI is InChI=1S/C27H27ClN6O4/c28-20-6-7-24-21(12-20)22(33-34(24)25-5-1-2-9-37-25)15-32-26(35)19-11-17(13-30-14-19)10-18-4-3-8-31-23(18)16-38-27(29)36/h3-4,6-8,11-14,25H,1-2,5,9-10,15-16H2,(H2,29,36)(H,32,35). The topological polar surface area (TPSA) is 134 Å². The maximum absolute atomic E-state index is 13.1. The molecule has 4 aromatic rings. The van der Waals surface area contributed by atoms with Crippen molar-refractivity contribution >= 4 is 34.5 Å². The number of hydrogen-bond donors (Lipinski definition) is 2. The van der Waals surface area contributed by atoms with Crippen LogP contribution in [0.1, 0.15) is 58.4 Å². The van der Waals surface area contributed by atoms with Gasteiger partial charge in [-0.15, -0.1) is 0 Å². The molecule has 0 bridgehead atoms. The van der Waals surface area contributed by atoms with Crippen molar-refractivity contribution in [3.63, 3.8) is 0 Å². The molecule has 0 radical (unpaired) electrons. The Bertz CT molecular complexity index is 1470. The number of pyridine rings is 2. The number of aromatic nitrogens is 4. The first-order valence-corrected chi connectivity index (χ1v) is 12.7. The van der Waals surface area contributed by atoms with Gasteiger partial charge >= 0.3 is 6.09 Å². The number of hydrogen-bond acceptors (Lipinski definition) is 7. The van der Waals surface area contributed by atoms with Gasteiger partial charge in [0, 0.05) is 42.0 Å². The number of benzene rings is 1. The predicted molar refractivity (Wildman–Crippen MR) is 140 cm³/mol. The summed E-state index contributed by atoms with van der Waals surface area (Å²) in [6, 6.07) is 11.1. The fourth-order valence-corrected chi connectivity index (χ4v) is 4.71. The minimum absolute atomic E-state index is 0.0321. The number of amides is 2. The van der Waals surface area contributed by atoms with Crippen LogP contribution in [0.4, 0.5) is 4.79 Å². The van der Waals surface area contributed by atoms with Crippen LogP contribution in [0.15, 0.2) is 55.0 Å². The zero-order chi connectivity index (χ0) is 26.5. The van der Waals surface area contributed by atoms with Crippen molar-refractivity contribution in [3.8, 4) is 0 Å². The van der Waals surface area contributed by atoms with Gasteiger partial charge in [-0.05, 0) is 60.7 Å². The van der Waals surface area contributed by atoms with E-state index >= 15 is 0 Å². The average Bonchev–Trinajstić information content (AvgIpc) is 3.29. The maximum Gasteiger partial charge on any atom is 0.404 e. The van der Waals surface area contributed by atoms with Gasteiger partial charge in [0.05, 0.1) is 29.0 Å². The van der Waals surface area contributed by atoms with Gasteiger partial charge in [0.1, 0.15) is 6.61 Å². The zero-order valence-corrected chi connectivity index (χ0v) is 21.4. The van der Waals surface area contributed by atoms with Crippen LogP contribution in [-0.2, 0) is 29.0 Å². The number of halogens is 1. The van der Waals surface area contributed by atoms with Crippen molar-refractivity contribution in [2.24, 2.45) is 5.73 Å². The van der Waals surface area contributed by atoms with Crippen LogP contribution in [0.5, 0.6) is 0 Å². The van der Waals surface area contributed by atoms with Crippen molar-refractivity contribution in [3.05, 3.63) is 88.1 Å². The van der Waals surface area contributed by atoms with Gasteiger partial charge in [-0.3, -0.25) is 14.8 Å². The van der Waals surface area contributed by atoms with E-state index in [4.69, 9.17) is 31.9 Å². The van der Waals surface area contributed by atoms with E-state index in [9.17, 15) is 9.59 Å². The minimum Gasteiger partial charge on any atom is -0.443 e. The number of carbonyl (C=O) groups is 2. The average molecular weight is 535 g/mol. The molecule has 10 nitrogen and oxygen atoms in total. The van der Waals surface area contributed by atoms with Crippen LogP contribution < -0.4 is 11.1 Å². The smallest absolute Gasteiger partial charge is 0.404 e. The van der Waals surface area contributed by atoms with E-state index in [0.717, 1.165) is 41.3 Å². The number of primary amides is 1. The highest BCUT2D eigenvalue weighted by Gasteiger charge is 2.21. The molecule has 38 heavy (non-hydrogen) atoms. The van der Waals surface area contributed by atoms with Gasteiger partial charge in [0.25, 0.3) is 5.91 Å². The molecule has 1 atom stereocenters. The molecule has 0 spiro atoms. The number of carbonyl (C=O) groups excluding carboxylic acids is 2. The fourth-order valence-electron chi connectivity index (χ4n) is 4.54. The van der Waals surface area contributed by atoms with Crippen LogP contribution in [0.3, 0.4) is 0 Å². The first kappa shape index (κ1) is 25.6. The Morgan fingerprint density at radius 1 is 1.18 bits per heavy atom. The summed E-state index contributed by atoms with van der Waals surface area (Å²) >= 11 is 6.28. The van der Waals surface area contributed by atoms with Crippen molar-refractivity contribution in [2.75, 3.05) is 6.61 Å². The molecule has 1 unspecified atom stereocenters. The summed E-state index contributed by atoms with van der Waals surface area (Å²) < 4.78 is 12.7. The van der Waals surface area contributed by atoms with Gasteiger partial charge in [-0.1, -0.05) is 17.7 Å². The van der Waals surface area contributed by atoms with E-state index in [1.54, 1.807) is 24.5 Å². The molecule has 3 N–H and O–H groups in total. The second-order valence-electron chi connectivity index (χ2n) is 9.03. The number of fused-ring (bicyclic) bond motifs is 1. The number of rotatable bonds is 8. The number of nitrogens with zero attached hydrogens (tertiary/aromatic N) is 4. The summed E-state index contributed by atoms with van der Waals surface area (Å²) in [5.41, 5.74) is 9.36. The molecule has 1 aliphatic heterocycles. The molecule has 0 aliphatic carbocycles. The molecular weight excluding hydrogens is 508 g/mol. The summed E-state index contributed by atoms with van der Waals surface area (Å²) in [6.07, 6.45) is 7.27. The molecular formula is C27H27ClN6O4. The first-order chi connectivity index (χ1) is 18.5. The van der Waals surface area contributed by atoms with Crippen molar-refractivity contribution in [1.29, 1.82) is 0 Å². The van der Waals surface area contributed by atoms with Crippen molar-refractivity contribution < 1.29 is 19.1 Å². The Hall–Kier alpha value is -4.02. The van der Waals surface area contributed by atoms with E-state index in [1.807, 2.05) is 28.9 Å². The third-order valence-corrected chi connectivity index (χ3v) is 6.61. The van der Waals surface area contributed by atoms with E-state index in [1.165, 1.54) is 6.20 Å². The fraction of sp³-hybridized carbons (Fsp3) is 0.296. The lowest BCUT2D eigenvalue weighted by molar-refractivity contribution is -0.0369. The summed E-state index contributed by atoms with van der Waals surface area (Å²) in [7, 11) is 0. The highest BCUT2D eigenvalue weighted by Crippen LogP contribution is 2.29. The highest BCUT2D eigenvalue weighted by atomic mass is 35.5. The van der Waals surface area contributed by atoms with Gasteiger partial charge in [0.15, 0.2) is 6.23 Å². The van der Waals surface area contributed by atoms with E-state index < -0.39 is 6.09 Å². The quantitative estimate of drug-likeness (QED) is 0.344. The molecule has 5 rings (SSSR count). The van der Waals surface area contributed by atoms with Crippen LogP contribution >= 0.6 is 11.6 Å². The molecule has 1 fully saturated rings. The first-order valence-electron chi connectivity index (χ1n) is 12.3. The van der Waals surface area contributed by atoms with Gasteiger partial charge in [-0.2, -0.15) is 5.10 Å². The summed E-state index contributed by atoms with van der Waals surface area (Å²) in [5, 5.41) is 9.21. The molecule has 11 heteroatoms. The second kappa shape index (κ2) is 11.6. The number of nitrogens with one attached hydrogen (secondary N) is 1. The Balaban J connectivity index is 1.31. The third-order valence-electron chi connectivity index (χ3n) is 6.38. The van der Waals surface area contributed by atoms with E-state index in [0.29, 0.717) is 35.0 Å². The number of ether oxygens (including phenoxy) is 2. The lowest BCUT2D eigenvalue weighted by atomic mass is 10.0. The van der Waals surface area contributed by atoms with E-state index in [-0.39, 0.29) is 25.3 Å². The summed E-state index contributed by atoms with van der Waals surface area (Å²) in [4.78, 5) is 32.6. The van der Waals surface area contributed by atoms with Crippen molar-refractivity contribution in [2.45, 2.75) is 45.1 Å². The Morgan fingerprint density at radius 2 is 2.08 bits per heavy atom. The monoisotopic (exact) mass is 534 g/mol. The minimum atomic E-state index is -0.868. The maximum atomic E-state index is 13.1. The van der Waals surface area contributed by atoms with Crippen LogP contribution in [0.2, 0.25) is 5.02 Å². The van der Waals surface area contributed by atoms with Crippen LogP contribution in [0.25, 0.3) is 10.9 Å². The molecule has 196 valence electrons. The van der Waals surface area contributed by atoms with Crippen molar-refractivity contribution in [1.82, 2.24) is 25.1 Å². The normalized spacial score (nSPS) is 15.3. The zero-order valence-electron chi connectivity index (χ0n) is 20.6. The lowest BCUT2D eigenvalue weighted by Crippen LogP contribution is -2.24. The van der Waals surface area contributed by atoms with Gasteiger partial charge in [-0.25, -0.2) is 9.48 Å². The lowest BCUT2D eigenvalue weighted by Gasteiger charge is -2.23. The third kappa shape index (κ3) is 5.92. The Kier molecular flexibility index (Phi) is 7.81. The molecule has 2 amide bonds. The molecule has 0 saturated carbocycles. The summed E-state index contributed by atoms with van der Waals surface area (Å²) in [6.45, 7) is 0.889. The number of nitrogens with two attached hydrogens (primary N) is 1. The second-order valence-corrected chi connectivity index (χ2v) is 9.47. The highest BCUT2D eigenvalue weighted by molar-refractivity contribution is 6.31. The molecule has 1 aromatic carbocycles. The molecule has 1 aliphatic rings. The van der Waals surface area contributed by atoms with E-state index in [2.05, 4.69) is 15.3 Å². The van der Waals surface area contributed by atoms with Crippen LogP contribution in [0, 0.1) is 0 Å². The van der Waals surface area contributed by atoms with Crippen LogP contribution in [-0.4, -0.2) is 38.4 Å². The molecule has 3 aromatic heterocycles. The summed E-state index contributed by atoms with van der Waals surface area (Å²) in [5.74, 6) is -0.276.